The second-order valence-electron chi connectivity index (χ2n) is 8.61. The van der Waals surface area contributed by atoms with Crippen LogP contribution in [0.25, 0.3) is 5.65 Å². The van der Waals surface area contributed by atoms with Crippen LogP contribution in [0.4, 0.5) is 4.79 Å². The fourth-order valence-electron chi connectivity index (χ4n) is 3.58. The topological polar surface area (TPSA) is 153 Å². The summed E-state index contributed by atoms with van der Waals surface area (Å²) in [5.74, 6) is -1.42. The Morgan fingerprint density at radius 3 is 2.55 bits per heavy atom. The minimum Gasteiger partial charge on any atom is -0.444 e. The minimum absolute atomic E-state index is 0. The number of ether oxygens (including phenoxy) is 2. The molecule has 0 aromatic carbocycles. The largest absolute Gasteiger partial charge is 0.444 e. The third kappa shape index (κ3) is 5.89. The zero-order chi connectivity index (χ0) is 23.6. The Morgan fingerprint density at radius 2 is 1.97 bits per heavy atom. The highest BCUT2D eigenvalue weighted by molar-refractivity contribution is 6.08. The van der Waals surface area contributed by atoms with E-state index >= 15 is 0 Å². The smallest absolute Gasteiger partial charge is 0.410 e. The summed E-state index contributed by atoms with van der Waals surface area (Å²) in [4.78, 5) is 40.7. The number of amides is 2. The molecule has 2 amide bonds. The Morgan fingerprint density at radius 1 is 1.33 bits per heavy atom. The highest BCUT2D eigenvalue weighted by Gasteiger charge is 2.30. The first-order valence-electron chi connectivity index (χ1n) is 10.2. The van der Waals surface area contributed by atoms with Gasteiger partial charge in [0.1, 0.15) is 17.9 Å². The average Bonchev–Trinajstić information content (AvgIpc) is 3.14. The van der Waals surface area contributed by atoms with Crippen molar-refractivity contribution in [1.29, 1.82) is 5.41 Å². The number of hydrogen-bond acceptors (Lipinski definition) is 8. The number of hydrogen-bond donors (Lipinski definition) is 3. The molecule has 0 unspecified atom stereocenters. The zero-order valence-corrected chi connectivity index (χ0v) is 19.8. The van der Waals surface area contributed by atoms with Crippen LogP contribution in [0.3, 0.4) is 0 Å². The first-order chi connectivity index (χ1) is 15.0. The van der Waals surface area contributed by atoms with Gasteiger partial charge in [0.15, 0.2) is 5.84 Å². The molecule has 0 spiro atoms. The summed E-state index contributed by atoms with van der Waals surface area (Å²) < 4.78 is 11.6. The SMILES string of the molecule is COCC(=O)N(O)C(=N)c1cnn2c(C3CCN(C(=O)OC(C)(C)C)CC3)cc(=O)[nH]c12.Cl. The lowest BCUT2D eigenvalue weighted by atomic mass is 9.93. The Hall–Kier alpha value is -2.96. The fourth-order valence-corrected chi connectivity index (χ4v) is 3.58. The molecule has 33 heavy (non-hydrogen) atoms. The van der Waals surface area contributed by atoms with Crippen molar-refractivity contribution in [3.05, 3.63) is 33.9 Å². The fraction of sp³-hybridized carbons (Fsp3) is 0.550. The zero-order valence-electron chi connectivity index (χ0n) is 19.0. The number of carbonyl (C=O) groups excluding carboxylic acids is 2. The summed E-state index contributed by atoms with van der Waals surface area (Å²) in [5.41, 5.74) is -0.0735. The predicted molar refractivity (Wildman–Crippen MR) is 120 cm³/mol. The third-order valence-electron chi connectivity index (χ3n) is 5.07. The molecule has 13 heteroatoms. The molecular formula is C20H29ClN6O6. The summed E-state index contributed by atoms with van der Waals surface area (Å²) in [7, 11) is 1.29. The van der Waals surface area contributed by atoms with Crippen molar-refractivity contribution in [1.82, 2.24) is 24.6 Å². The number of carbonyl (C=O) groups is 2. The van der Waals surface area contributed by atoms with Crippen molar-refractivity contribution in [3.63, 3.8) is 0 Å². The molecule has 12 nitrogen and oxygen atoms in total. The van der Waals surface area contributed by atoms with Crippen molar-refractivity contribution >= 4 is 35.9 Å². The van der Waals surface area contributed by atoms with E-state index in [-0.39, 0.29) is 40.7 Å². The van der Waals surface area contributed by atoms with E-state index < -0.39 is 29.5 Å². The number of halogens is 1. The minimum atomic E-state index is -0.829. The molecule has 3 rings (SSSR count). The van der Waals surface area contributed by atoms with Gasteiger partial charge in [0.2, 0.25) is 0 Å². The number of amidine groups is 1. The number of methoxy groups -OCH3 is 1. The Labute approximate surface area is 196 Å². The summed E-state index contributed by atoms with van der Waals surface area (Å²) in [6.07, 6.45) is 2.13. The van der Waals surface area contributed by atoms with Gasteiger partial charge in [-0.15, -0.1) is 12.4 Å². The van der Waals surface area contributed by atoms with Crippen molar-refractivity contribution in [2.24, 2.45) is 0 Å². The van der Waals surface area contributed by atoms with E-state index in [9.17, 15) is 19.6 Å². The maximum atomic E-state index is 12.3. The van der Waals surface area contributed by atoms with Gasteiger partial charge in [-0.2, -0.15) is 10.2 Å². The van der Waals surface area contributed by atoms with Crippen LogP contribution in [0.15, 0.2) is 17.1 Å². The lowest BCUT2D eigenvalue weighted by molar-refractivity contribution is -0.153. The first kappa shape index (κ1) is 26.3. The normalized spacial score (nSPS) is 14.6. The second-order valence-corrected chi connectivity index (χ2v) is 8.61. The van der Waals surface area contributed by atoms with Crippen LogP contribution in [0.2, 0.25) is 0 Å². The third-order valence-corrected chi connectivity index (χ3v) is 5.07. The molecule has 1 saturated heterocycles. The lowest BCUT2D eigenvalue weighted by Gasteiger charge is -2.33. The standard InChI is InChI=1S/C20H28N6O6.ClH/c1-20(2,3)32-19(29)24-7-5-12(6-8-24)14-9-15(27)23-18-13(10-22-25(14)18)17(21)26(30)16(28)11-31-4;/h9-10,12,21,30H,5-8,11H2,1-4H3,(H,23,27);1H. The van der Waals surface area contributed by atoms with Crippen LogP contribution < -0.4 is 5.56 Å². The maximum absolute atomic E-state index is 12.3. The van der Waals surface area contributed by atoms with E-state index in [1.807, 2.05) is 20.8 Å². The molecule has 0 bridgehead atoms. The number of nitrogens with zero attached hydrogens (tertiary/aromatic N) is 4. The van der Waals surface area contributed by atoms with Crippen molar-refractivity contribution < 1.29 is 24.3 Å². The number of aromatic nitrogens is 3. The molecule has 2 aromatic heterocycles. The van der Waals surface area contributed by atoms with E-state index in [0.29, 0.717) is 31.6 Å². The number of piperidine rings is 1. The summed E-state index contributed by atoms with van der Waals surface area (Å²) in [6, 6.07) is 1.44. The molecule has 3 heterocycles. The van der Waals surface area contributed by atoms with Gasteiger partial charge < -0.3 is 19.4 Å². The first-order valence-corrected chi connectivity index (χ1v) is 10.2. The van der Waals surface area contributed by atoms with E-state index in [1.165, 1.54) is 23.9 Å². The molecule has 3 N–H and O–H groups in total. The van der Waals surface area contributed by atoms with Gasteiger partial charge in [-0.3, -0.25) is 20.2 Å². The number of fused-ring (bicyclic) bond motifs is 1. The summed E-state index contributed by atoms with van der Waals surface area (Å²) in [6.45, 7) is 5.97. The Balaban J connectivity index is 0.00000385. The highest BCUT2D eigenvalue weighted by atomic mass is 35.5. The van der Waals surface area contributed by atoms with Crippen LogP contribution in [-0.2, 0) is 14.3 Å². The lowest BCUT2D eigenvalue weighted by Crippen LogP contribution is -2.41. The molecule has 0 saturated carbocycles. The molecule has 182 valence electrons. The molecule has 2 aromatic rings. The molecule has 0 radical (unpaired) electrons. The molecule has 0 aliphatic carbocycles. The van der Waals surface area contributed by atoms with Gasteiger partial charge in [0.05, 0.1) is 17.5 Å². The van der Waals surface area contributed by atoms with Crippen LogP contribution in [0.1, 0.15) is 50.8 Å². The number of nitrogens with one attached hydrogen (secondary N) is 2. The Kier molecular flexibility index (Phi) is 8.22. The molecule has 1 fully saturated rings. The number of rotatable bonds is 4. The quantitative estimate of drug-likeness (QED) is 0.258. The number of likely N-dealkylation sites (tertiary alicyclic amines) is 1. The van der Waals surface area contributed by atoms with Gasteiger partial charge in [0, 0.05) is 32.2 Å². The van der Waals surface area contributed by atoms with E-state index in [4.69, 9.17) is 10.1 Å². The number of H-pyrrole nitrogens is 1. The van der Waals surface area contributed by atoms with Gasteiger partial charge in [-0.05, 0) is 33.6 Å². The van der Waals surface area contributed by atoms with Crippen LogP contribution in [0, 0.1) is 5.41 Å². The molecular weight excluding hydrogens is 456 g/mol. The van der Waals surface area contributed by atoms with Crippen molar-refractivity contribution in [2.75, 3.05) is 26.8 Å². The maximum Gasteiger partial charge on any atom is 0.410 e. The molecule has 1 aliphatic rings. The van der Waals surface area contributed by atoms with Gasteiger partial charge in [0.25, 0.3) is 11.5 Å². The van der Waals surface area contributed by atoms with E-state index in [0.717, 1.165) is 0 Å². The van der Waals surface area contributed by atoms with Crippen molar-refractivity contribution in [2.45, 2.75) is 45.1 Å². The average molecular weight is 485 g/mol. The number of aromatic amines is 1. The van der Waals surface area contributed by atoms with Crippen LogP contribution >= 0.6 is 12.4 Å². The van der Waals surface area contributed by atoms with Crippen LogP contribution in [0.5, 0.6) is 0 Å². The Bertz CT molecular complexity index is 1080. The highest BCUT2D eigenvalue weighted by Crippen LogP contribution is 2.28. The van der Waals surface area contributed by atoms with Crippen molar-refractivity contribution in [3.8, 4) is 0 Å². The van der Waals surface area contributed by atoms with Gasteiger partial charge in [-0.25, -0.2) is 9.31 Å². The second kappa shape index (κ2) is 10.3. The van der Waals surface area contributed by atoms with E-state index in [1.54, 1.807) is 4.90 Å². The van der Waals surface area contributed by atoms with E-state index in [2.05, 4.69) is 14.8 Å². The summed E-state index contributed by atoms with van der Waals surface area (Å²) in [5, 5.41) is 22.6. The monoisotopic (exact) mass is 484 g/mol. The van der Waals surface area contributed by atoms with Gasteiger partial charge >= 0.3 is 6.09 Å². The van der Waals surface area contributed by atoms with Crippen LogP contribution in [-0.4, -0.2) is 80.0 Å². The molecule has 0 atom stereocenters. The molecule has 1 aliphatic heterocycles. The summed E-state index contributed by atoms with van der Waals surface area (Å²) >= 11 is 0. The number of hydroxylamine groups is 2. The predicted octanol–water partition coefficient (Wildman–Crippen LogP) is 1.75. The van der Waals surface area contributed by atoms with Gasteiger partial charge in [-0.1, -0.05) is 0 Å².